The lowest BCUT2D eigenvalue weighted by atomic mass is 10.3. The molecule has 0 aliphatic rings. The van der Waals surface area contributed by atoms with Gasteiger partial charge in [-0.15, -0.1) is 0 Å². The van der Waals surface area contributed by atoms with Crippen LogP contribution in [-0.4, -0.2) is 38.3 Å². The summed E-state index contributed by atoms with van der Waals surface area (Å²) >= 11 is 3.30. The van der Waals surface area contributed by atoms with Gasteiger partial charge in [0.1, 0.15) is 5.75 Å². The van der Waals surface area contributed by atoms with E-state index in [0.717, 1.165) is 17.3 Å². The molecule has 0 fully saturated rings. The van der Waals surface area contributed by atoms with E-state index in [9.17, 15) is 18.0 Å². The highest BCUT2D eigenvalue weighted by Crippen LogP contribution is 2.14. The second-order valence-electron chi connectivity index (χ2n) is 5.45. The summed E-state index contributed by atoms with van der Waals surface area (Å²) in [6.07, 6.45) is 2.41. The van der Waals surface area contributed by atoms with E-state index in [1.54, 1.807) is 24.3 Å². The number of anilines is 1. The van der Waals surface area contributed by atoms with Crippen LogP contribution in [0, 0.1) is 0 Å². The van der Waals surface area contributed by atoms with E-state index >= 15 is 0 Å². The van der Waals surface area contributed by atoms with Crippen molar-refractivity contribution in [2.75, 3.05) is 23.4 Å². The van der Waals surface area contributed by atoms with Gasteiger partial charge in [-0.2, -0.15) is 0 Å². The SMILES string of the molecule is CCCCCS(=O)(=O)CC(=O)NCCC(=O)Nc1ccc(Br)cc1. The number of rotatable bonds is 10. The molecule has 6 nitrogen and oxygen atoms in total. The first-order valence-electron chi connectivity index (χ1n) is 7.85. The maximum Gasteiger partial charge on any atom is 0.235 e. The van der Waals surface area contributed by atoms with Crippen LogP contribution < -0.4 is 10.6 Å². The number of amides is 2. The zero-order valence-corrected chi connectivity index (χ0v) is 16.1. The highest BCUT2D eigenvalue weighted by atomic mass is 79.9. The number of benzene rings is 1. The van der Waals surface area contributed by atoms with E-state index in [1.807, 2.05) is 6.92 Å². The summed E-state index contributed by atoms with van der Waals surface area (Å²) in [5.41, 5.74) is 0.660. The van der Waals surface area contributed by atoms with Crippen LogP contribution in [0.1, 0.15) is 32.6 Å². The smallest absolute Gasteiger partial charge is 0.235 e. The van der Waals surface area contributed by atoms with Crippen molar-refractivity contribution in [1.82, 2.24) is 5.32 Å². The predicted molar refractivity (Wildman–Crippen MR) is 98.6 cm³/mol. The first-order chi connectivity index (χ1) is 11.3. The van der Waals surface area contributed by atoms with Crippen LogP contribution in [0.25, 0.3) is 0 Å². The summed E-state index contributed by atoms with van der Waals surface area (Å²) in [5, 5.41) is 5.16. The Morgan fingerprint density at radius 3 is 2.38 bits per heavy atom. The van der Waals surface area contributed by atoms with Crippen LogP contribution in [0.4, 0.5) is 5.69 Å². The first kappa shape index (κ1) is 20.6. The van der Waals surface area contributed by atoms with Crippen molar-refractivity contribution < 1.29 is 18.0 Å². The van der Waals surface area contributed by atoms with E-state index in [4.69, 9.17) is 0 Å². The average molecular weight is 419 g/mol. The lowest BCUT2D eigenvalue weighted by Crippen LogP contribution is -2.33. The molecule has 0 aromatic heterocycles. The summed E-state index contributed by atoms with van der Waals surface area (Å²) in [5.74, 6) is -1.31. The number of hydrogen-bond acceptors (Lipinski definition) is 4. The Kier molecular flexibility index (Phi) is 8.99. The summed E-state index contributed by atoms with van der Waals surface area (Å²) in [4.78, 5) is 23.4. The summed E-state index contributed by atoms with van der Waals surface area (Å²) < 4.78 is 24.4. The minimum Gasteiger partial charge on any atom is -0.355 e. The Morgan fingerprint density at radius 2 is 1.75 bits per heavy atom. The quantitative estimate of drug-likeness (QED) is 0.570. The molecule has 2 N–H and O–H groups in total. The van der Waals surface area contributed by atoms with Crippen LogP contribution in [-0.2, 0) is 19.4 Å². The van der Waals surface area contributed by atoms with Crippen molar-refractivity contribution in [1.29, 1.82) is 0 Å². The molecule has 0 aliphatic heterocycles. The standard InChI is InChI=1S/C16H23BrN2O4S/c1-2-3-4-11-24(22,23)12-16(21)18-10-9-15(20)19-14-7-5-13(17)6-8-14/h5-8H,2-4,9-12H2,1H3,(H,18,21)(H,19,20). The molecule has 0 aliphatic carbocycles. The number of carbonyl (C=O) groups excluding carboxylic acids is 2. The number of unbranched alkanes of at least 4 members (excludes halogenated alkanes) is 2. The second kappa shape index (κ2) is 10.5. The molecule has 0 saturated carbocycles. The fraction of sp³-hybridized carbons (Fsp3) is 0.500. The summed E-state index contributed by atoms with van der Waals surface area (Å²) in [6.45, 7) is 2.09. The van der Waals surface area contributed by atoms with E-state index in [0.29, 0.717) is 12.1 Å². The molecule has 0 saturated heterocycles. The normalized spacial score (nSPS) is 11.1. The van der Waals surface area contributed by atoms with Gasteiger partial charge < -0.3 is 10.6 Å². The lowest BCUT2D eigenvalue weighted by molar-refractivity contribution is -0.119. The molecule has 8 heteroatoms. The maximum absolute atomic E-state index is 11.7. The molecule has 0 bridgehead atoms. The largest absolute Gasteiger partial charge is 0.355 e. The number of halogens is 1. The molecule has 0 radical (unpaired) electrons. The number of sulfone groups is 1. The van der Waals surface area contributed by atoms with Crippen molar-refractivity contribution in [2.45, 2.75) is 32.6 Å². The third-order valence-corrected chi connectivity index (χ3v) is 5.35. The Labute approximate surface area is 151 Å². The maximum atomic E-state index is 11.7. The molecular weight excluding hydrogens is 396 g/mol. The molecule has 1 rings (SSSR count). The zero-order chi connectivity index (χ0) is 18.0. The van der Waals surface area contributed by atoms with Crippen molar-refractivity contribution in [3.63, 3.8) is 0 Å². The first-order valence-corrected chi connectivity index (χ1v) is 10.5. The second-order valence-corrected chi connectivity index (χ2v) is 8.55. The Morgan fingerprint density at radius 1 is 1.08 bits per heavy atom. The van der Waals surface area contributed by atoms with Gasteiger partial charge in [-0.05, 0) is 30.7 Å². The van der Waals surface area contributed by atoms with Crippen molar-refractivity contribution in [2.24, 2.45) is 0 Å². The predicted octanol–water partition coefficient (Wildman–Crippen LogP) is 2.50. The number of carbonyl (C=O) groups is 2. The molecule has 0 spiro atoms. The molecular formula is C16H23BrN2O4S. The topological polar surface area (TPSA) is 92.3 Å². The van der Waals surface area contributed by atoms with Gasteiger partial charge in [0.05, 0.1) is 5.75 Å². The van der Waals surface area contributed by atoms with Crippen molar-refractivity contribution in [3.8, 4) is 0 Å². The monoisotopic (exact) mass is 418 g/mol. The van der Waals surface area contributed by atoms with Crippen LogP contribution >= 0.6 is 15.9 Å². The molecule has 0 atom stereocenters. The van der Waals surface area contributed by atoms with Crippen LogP contribution in [0.15, 0.2) is 28.7 Å². The van der Waals surface area contributed by atoms with Crippen molar-refractivity contribution >= 4 is 43.3 Å². The van der Waals surface area contributed by atoms with E-state index in [1.165, 1.54) is 0 Å². The minimum absolute atomic E-state index is 0.0261. The third-order valence-electron chi connectivity index (χ3n) is 3.21. The highest BCUT2D eigenvalue weighted by Gasteiger charge is 2.16. The Hall–Kier alpha value is -1.41. The zero-order valence-electron chi connectivity index (χ0n) is 13.7. The molecule has 0 heterocycles. The van der Waals surface area contributed by atoms with Gasteiger partial charge in [-0.3, -0.25) is 9.59 Å². The van der Waals surface area contributed by atoms with Gasteiger partial charge in [0, 0.05) is 23.1 Å². The molecule has 0 unspecified atom stereocenters. The molecule has 24 heavy (non-hydrogen) atoms. The Bertz CT molecular complexity index is 645. The van der Waals surface area contributed by atoms with E-state index in [2.05, 4.69) is 26.6 Å². The van der Waals surface area contributed by atoms with Crippen LogP contribution in [0.2, 0.25) is 0 Å². The lowest BCUT2D eigenvalue weighted by Gasteiger charge is -2.07. The van der Waals surface area contributed by atoms with Crippen LogP contribution in [0.3, 0.4) is 0 Å². The Balaban J connectivity index is 2.27. The third kappa shape index (κ3) is 9.02. The highest BCUT2D eigenvalue weighted by molar-refractivity contribution is 9.10. The van der Waals surface area contributed by atoms with E-state index < -0.39 is 21.5 Å². The van der Waals surface area contributed by atoms with E-state index in [-0.39, 0.29) is 24.6 Å². The van der Waals surface area contributed by atoms with Crippen molar-refractivity contribution in [3.05, 3.63) is 28.7 Å². The fourth-order valence-corrected chi connectivity index (χ4v) is 3.52. The van der Waals surface area contributed by atoms with Crippen LogP contribution in [0.5, 0.6) is 0 Å². The molecule has 1 aromatic carbocycles. The van der Waals surface area contributed by atoms with Gasteiger partial charge in [-0.25, -0.2) is 8.42 Å². The summed E-state index contributed by atoms with van der Waals surface area (Å²) in [7, 11) is -3.37. The van der Waals surface area contributed by atoms with Gasteiger partial charge >= 0.3 is 0 Å². The van der Waals surface area contributed by atoms with Gasteiger partial charge in [0.2, 0.25) is 11.8 Å². The number of nitrogens with one attached hydrogen (secondary N) is 2. The van der Waals surface area contributed by atoms with Gasteiger partial charge in [0.15, 0.2) is 9.84 Å². The fourth-order valence-electron chi connectivity index (χ4n) is 1.97. The molecule has 134 valence electrons. The summed E-state index contributed by atoms with van der Waals surface area (Å²) in [6, 6.07) is 7.12. The number of hydrogen-bond donors (Lipinski definition) is 2. The minimum atomic E-state index is -3.37. The molecule has 2 amide bonds. The average Bonchev–Trinajstić information content (AvgIpc) is 2.49. The molecule has 1 aromatic rings. The van der Waals surface area contributed by atoms with Gasteiger partial charge in [-0.1, -0.05) is 35.7 Å². The van der Waals surface area contributed by atoms with Gasteiger partial charge in [0.25, 0.3) is 0 Å².